The molecule has 0 radical (unpaired) electrons. The molecule has 3 aromatic rings. The normalized spacial score (nSPS) is 14.5. The predicted molar refractivity (Wildman–Crippen MR) is 85.1 cm³/mol. The molecule has 3 aromatic heterocycles. The summed E-state index contributed by atoms with van der Waals surface area (Å²) in [4.78, 5) is 23.3. The Bertz CT molecular complexity index is 883. The first-order chi connectivity index (χ1) is 10.6. The summed E-state index contributed by atoms with van der Waals surface area (Å²) in [6.45, 7) is 5.43. The molecule has 1 aliphatic heterocycles. The quantitative estimate of drug-likeness (QED) is 0.693. The van der Waals surface area contributed by atoms with Gasteiger partial charge in [0.15, 0.2) is 0 Å². The summed E-state index contributed by atoms with van der Waals surface area (Å²) in [5, 5.41) is 1.06. The Kier molecular flexibility index (Phi) is 2.76. The van der Waals surface area contributed by atoms with Crippen LogP contribution in [0.5, 0.6) is 0 Å². The summed E-state index contributed by atoms with van der Waals surface area (Å²) in [7, 11) is 0. The van der Waals surface area contributed by atoms with Crippen LogP contribution < -0.4 is 4.90 Å². The third kappa shape index (κ3) is 1.82. The first kappa shape index (κ1) is 13.0. The summed E-state index contributed by atoms with van der Waals surface area (Å²) < 4.78 is 2.03. The Morgan fingerprint density at radius 1 is 1.18 bits per heavy atom. The standard InChI is InChI=1S/C17H16N4O/c1-11-8-12(2)19-16-14(11)9-15-17(22)20(6-7-21(15)16)13-4-3-5-18-10-13/h3-5,8-10H,6-7H2,1-2H3. The van der Waals surface area contributed by atoms with Gasteiger partial charge in [-0.25, -0.2) is 4.98 Å². The van der Waals surface area contributed by atoms with E-state index in [2.05, 4.69) is 23.0 Å². The number of nitrogens with zero attached hydrogens (tertiary/aromatic N) is 4. The van der Waals surface area contributed by atoms with E-state index in [1.165, 1.54) is 0 Å². The van der Waals surface area contributed by atoms with E-state index in [-0.39, 0.29) is 5.91 Å². The maximum absolute atomic E-state index is 12.8. The molecule has 0 aromatic carbocycles. The smallest absolute Gasteiger partial charge is 0.275 e. The lowest BCUT2D eigenvalue weighted by atomic mass is 10.2. The molecule has 0 saturated heterocycles. The van der Waals surface area contributed by atoms with E-state index >= 15 is 0 Å². The van der Waals surface area contributed by atoms with Crippen LogP contribution in [0, 0.1) is 13.8 Å². The number of amides is 1. The molecule has 1 amide bonds. The van der Waals surface area contributed by atoms with E-state index in [4.69, 9.17) is 0 Å². The highest BCUT2D eigenvalue weighted by Gasteiger charge is 2.28. The van der Waals surface area contributed by atoms with Crippen LogP contribution in [0.4, 0.5) is 5.69 Å². The summed E-state index contributed by atoms with van der Waals surface area (Å²) in [6, 6.07) is 7.78. The Balaban J connectivity index is 1.86. The Hall–Kier alpha value is -2.69. The first-order valence-corrected chi connectivity index (χ1v) is 7.34. The Morgan fingerprint density at radius 3 is 2.82 bits per heavy atom. The predicted octanol–water partition coefficient (Wildman–Crippen LogP) is 2.71. The second-order valence-electron chi connectivity index (χ2n) is 5.67. The van der Waals surface area contributed by atoms with E-state index in [9.17, 15) is 4.79 Å². The number of fused-ring (bicyclic) bond motifs is 3. The molecule has 22 heavy (non-hydrogen) atoms. The average molecular weight is 292 g/mol. The molecule has 0 atom stereocenters. The van der Waals surface area contributed by atoms with Gasteiger partial charge in [0.1, 0.15) is 11.3 Å². The topological polar surface area (TPSA) is 51.0 Å². The SMILES string of the molecule is Cc1cc(C)c2cc3n(c2n1)CCN(c1cccnc1)C3=O. The highest BCUT2D eigenvalue weighted by Crippen LogP contribution is 2.27. The molecule has 4 rings (SSSR count). The molecule has 0 fully saturated rings. The van der Waals surface area contributed by atoms with Gasteiger partial charge in [0.2, 0.25) is 0 Å². The van der Waals surface area contributed by atoms with E-state index in [1.807, 2.05) is 29.7 Å². The monoisotopic (exact) mass is 292 g/mol. The molecule has 5 heteroatoms. The van der Waals surface area contributed by atoms with Crippen LogP contribution >= 0.6 is 0 Å². The zero-order valence-corrected chi connectivity index (χ0v) is 12.6. The molecule has 0 N–H and O–H groups in total. The summed E-state index contributed by atoms with van der Waals surface area (Å²) >= 11 is 0. The van der Waals surface area contributed by atoms with Crippen molar-refractivity contribution >= 4 is 22.6 Å². The van der Waals surface area contributed by atoms with Gasteiger partial charge in [-0.2, -0.15) is 0 Å². The number of carbonyl (C=O) groups is 1. The van der Waals surface area contributed by atoms with Crippen molar-refractivity contribution in [3.05, 3.63) is 53.6 Å². The number of hydrogen-bond acceptors (Lipinski definition) is 3. The fourth-order valence-corrected chi connectivity index (χ4v) is 3.14. The van der Waals surface area contributed by atoms with E-state index < -0.39 is 0 Å². The summed E-state index contributed by atoms with van der Waals surface area (Å²) in [5.74, 6) is 0.00861. The van der Waals surface area contributed by atoms with Crippen LogP contribution in [-0.2, 0) is 6.54 Å². The number of pyridine rings is 2. The van der Waals surface area contributed by atoms with Crippen LogP contribution in [0.3, 0.4) is 0 Å². The van der Waals surface area contributed by atoms with Crippen molar-refractivity contribution in [1.29, 1.82) is 0 Å². The number of aryl methyl sites for hydroxylation is 2. The molecule has 0 unspecified atom stereocenters. The molecule has 1 aliphatic rings. The molecule has 0 saturated carbocycles. The third-order valence-corrected chi connectivity index (χ3v) is 4.17. The lowest BCUT2D eigenvalue weighted by molar-refractivity contribution is 0.0966. The number of carbonyl (C=O) groups excluding carboxylic acids is 1. The van der Waals surface area contributed by atoms with Crippen molar-refractivity contribution in [2.45, 2.75) is 20.4 Å². The fraction of sp³-hybridized carbons (Fsp3) is 0.235. The van der Waals surface area contributed by atoms with E-state index in [1.54, 1.807) is 17.3 Å². The molecule has 0 spiro atoms. The minimum absolute atomic E-state index is 0.00861. The van der Waals surface area contributed by atoms with Crippen molar-refractivity contribution in [3.8, 4) is 0 Å². The van der Waals surface area contributed by atoms with Crippen LogP contribution in [-0.4, -0.2) is 27.0 Å². The molecular weight excluding hydrogens is 276 g/mol. The number of anilines is 1. The van der Waals surface area contributed by atoms with Crippen LogP contribution in [0.2, 0.25) is 0 Å². The van der Waals surface area contributed by atoms with Gasteiger partial charge in [-0.1, -0.05) is 0 Å². The van der Waals surface area contributed by atoms with Gasteiger partial charge in [0.05, 0.1) is 11.9 Å². The molecule has 110 valence electrons. The summed E-state index contributed by atoms with van der Waals surface area (Å²) in [5.41, 5.74) is 4.58. The van der Waals surface area contributed by atoms with Gasteiger partial charge in [0.25, 0.3) is 5.91 Å². The van der Waals surface area contributed by atoms with Gasteiger partial charge in [-0.15, -0.1) is 0 Å². The molecule has 4 heterocycles. The highest BCUT2D eigenvalue weighted by atomic mass is 16.2. The number of aromatic nitrogens is 3. The lowest BCUT2D eigenvalue weighted by Crippen LogP contribution is -2.40. The Labute approximate surface area is 128 Å². The van der Waals surface area contributed by atoms with Crippen LogP contribution in [0.15, 0.2) is 36.7 Å². The Morgan fingerprint density at radius 2 is 2.05 bits per heavy atom. The zero-order chi connectivity index (χ0) is 15.3. The van der Waals surface area contributed by atoms with Crippen molar-refractivity contribution in [2.24, 2.45) is 0 Å². The highest BCUT2D eigenvalue weighted by molar-refractivity contribution is 6.08. The van der Waals surface area contributed by atoms with E-state index in [0.717, 1.165) is 34.5 Å². The first-order valence-electron chi connectivity index (χ1n) is 7.34. The van der Waals surface area contributed by atoms with E-state index in [0.29, 0.717) is 12.2 Å². The van der Waals surface area contributed by atoms with Crippen molar-refractivity contribution in [2.75, 3.05) is 11.4 Å². The second kappa shape index (κ2) is 4.66. The molecule has 0 bridgehead atoms. The van der Waals surface area contributed by atoms with Gasteiger partial charge in [-0.3, -0.25) is 9.78 Å². The van der Waals surface area contributed by atoms with Gasteiger partial charge in [0, 0.05) is 30.4 Å². The number of rotatable bonds is 1. The molecule has 0 aliphatic carbocycles. The summed E-state index contributed by atoms with van der Waals surface area (Å²) in [6.07, 6.45) is 3.44. The van der Waals surface area contributed by atoms with Crippen LogP contribution in [0.25, 0.3) is 11.0 Å². The van der Waals surface area contributed by atoms with Crippen molar-refractivity contribution in [1.82, 2.24) is 14.5 Å². The van der Waals surface area contributed by atoms with Crippen molar-refractivity contribution < 1.29 is 4.79 Å². The number of hydrogen-bond donors (Lipinski definition) is 0. The minimum Gasteiger partial charge on any atom is -0.319 e. The second-order valence-corrected chi connectivity index (χ2v) is 5.67. The molecule has 5 nitrogen and oxygen atoms in total. The maximum Gasteiger partial charge on any atom is 0.275 e. The van der Waals surface area contributed by atoms with Gasteiger partial charge < -0.3 is 9.47 Å². The average Bonchev–Trinajstić information content (AvgIpc) is 2.89. The van der Waals surface area contributed by atoms with Gasteiger partial charge in [-0.05, 0) is 43.7 Å². The largest absolute Gasteiger partial charge is 0.319 e. The fourth-order valence-electron chi connectivity index (χ4n) is 3.14. The maximum atomic E-state index is 12.8. The minimum atomic E-state index is 0.00861. The zero-order valence-electron chi connectivity index (χ0n) is 12.6. The van der Waals surface area contributed by atoms with Crippen LogP contribution in [0.1, 0.15) is 21.7 Å². The van der Waals surface area contributed by atoms with Crippen molar-refractivity contribution in [3.63, 3.8) is 0 Å². The third-order valence-electron chi connectivity index (χ3n) is 4.17. The van der Waals surface area contributed by atoms with Gasteiger partial charge >= 0.3 is 0 Å². The lowest BCUT2D eigenvalue weighted by Gasteiger charge is -2.28. The molecular formula is C17H16N4O.